The largest absolute Gasteiger partial charge is 0.393 e. The van der Waals surface area contributed by atoms with Crippen LogP contribution < -0.4 is 4.72 Å². The van der Waals surface area contributed by atoms with Crippen LogP contribution in [-0.2, 0) is 10.0 Å². The van der Waals surface area contributed by atoms with Gasteiger partial charge in [0.25, 0.3) is 10.0 Å². The molecule has 8 heteroatoms. The summed E-state index contributed by atoms with van der Waals surface area (Å²) in [4.78, 5) is 3.59. The van der Waals surface area contributed by atoms with Gasteiger partial charge in [0.15, 0.2) is 5.03 Å². The maximum absolute atomic E-state index is 12.2. The smallest absolute Gasteiger partial charge is 0.243 e. The number of alkyl halides is 3. The molecule has 1 aromatic rings. The summed E-state index contributed by atoms with van der Waals surface area (Å²) in [6.45, 7) is 0. The van der Waals surface area contributed by atoms with Crippen molar-refractivity contribution in [3.8, 4) is 0 Å². The number of aromatic nitrogens is 1. The summed E-state index contributed by atoms with van der Waals surface area (Å²) in [6, 6.07) is 3.14. The monoisotopic (exact) mass is 266 g/mol. The Balaban J connectivity index is 2.07. The van der Waals surface area contributed by atoms with Crippen molar-refractivity contribution in [2.24, 2.45) is 5.92 Å². The van der Waals surface area contributed by atoms with Crippen molar-refractivity contribution < 1.29 is 21.6 Å². The lowest BCUT2D eigenvalue weighted by Gasteiger charge is -2.07. The van der Waals surface area contributed by atoms with E-state index in [9.17, 15) is 21.6 Å². The second kappa shape index (κ2) is 3.95. The molecule has 0 amide bonds. The van der Waals surface area contributed by atoms with Crippen LogP contribution in [0.15, 0.2) is 29.4 Å². The Morgan fingerprint density at radius 1 is 1.35 bits per heavy atom. The van der Waals surface area contributed by atoms with Gasteiger partial charge in [0.05, 0.1) is 5.92 Å². The minimum Gasteiger partial charge on any atom is -0.243 e. The molecular weight excluding hydrogens is 257 g/mol. The average molecular weight is 266 g/mol. The summed E-state index contributed by atoms with van der Waals surface area (Å²) in [5.74, 6) is -1.58. The van der Waals surface area contributed by atoms with Gasteiger partial charge in [-0.2, -0.15) is 13.2 Å². The van der Waals surface area contributed by atoms with Crippen LogP contribution in [0.4, 0.5) is 13.2 Å². The van der Waals surface area contributed by atoms with Gasteiger partial charge < -0.3 is 0 Å². The first-order valence-corrected chi connectivity index (χ1v) is 6.29. The second-order valence-electron chi connectivity index (χ2n) is 3.78. The van der Waals surface area contributed by atoms with Crippen LogP contribution in [0.3, 0.4) is 0 Å². The zero-order chi connectivity index (χ0) is 12.7. The highest BCUT2D eigenvalue weighted by atomic mass is 32.2. The summed E-state index contributed by atoms with van der Waals surface area (Å²) in [7, 11) is -3.95. The zero-order valence-electron chi connectivity index (χ0n) is 8.48. The first-order chi connectivity index (χ1) is 7.81. The van der Waals surface area contributed by atoms with Gasteiger partial charge in [0, 0.05) is 12.2 Å². The molecule has 17 heavy (non-hydrogen) atoms. The number of sulfonamides is 1. The Kier molecular flexibility index (Phi) is 2.86. The highest BCUT2D eigenvalue weighted by molar-refractivity contribution is 7.89. The molecule has 2 atom stereocenters. The molecule has 1 fully saturated rings. The fourth-order valence-electron chi connectivity index (χ4n) is 1.45. The van der Waals surface area contributed by atoms with E-state index in [0.717, 1.165) is 0 Å². The number of rotatable bonds is 3. The van der Waals surface area contributed by atoms with Crippen LogP contribution in [-0.4, -0.2) is 25.6 Å². The summed E-state index contributed by atoms with van der Waals surface area (Å²) in [5, 5.41) is -0.271. The second-order valence-corrected chi connectivity index (χ2v) is 5.44. The highest BCUT2D eigenvalue weighted by Crippen LogP contribution is 2.45. The van der Waals surface area contributed by atoms with E-state index in [4.69, 9.17) is 0 Å². The molecule has 94 valence electrons. The molecule has 2 rings (SSSR count). The molecule has 1 N–H and O–H groups in total. The standard InChI is InChI=1S/C9H9F3N2O2S/c10-9(11,12)6-5-7(6)14-17(15,16)8-3-1-2-4-13-8/h1-4,6-7,14H,5H2/t6-,7-/m1/s1. The quantitative estimate of drug-likeness (QED) is 0.897. The van der Waals surface area contributed by atoms with E-state index in [1.54, 1.807) is 0 Å². The number of hydrogen-bond acceptors (Lipinski definition) is 3. The molecule has 0 aliphatic heterocycles. The third kappa shape index (κ3) is 2.75. The van der Waals surface area contributed by atoms with Gasteiger partial charge in [0.2, 0.25) is 0 Å². The van der Waals surface area contributed by atoms with Crippen molar-refractivity contribution in [3.63, 3.8) is 0 Å². The molecule has 0 radical (unpaired) electrons. The lowest BCUT2D eigenvalue weighted by atomic mass is 10.4. The van der Waals surface area contributed by atoms with Crippen molar-refractivity contribution in [1.29, 1.82) is 0 Å². The third-order valence-corrected chi connectivity index (χ3v) is 3.84. The predicted octanol–water partition coefficient (Wildman–Crippen LogP) is 1.31. The minimum absolute atomic E-state index is 0.213. The van der Waals surface area contributed by atoms with E-state index in [1.165, 1.54) is 24.4 Å². The Hall–Kier alpha value is -1.15. The fourth-order valence-corrected chi connectivity index (χ4v) is 2.69. The van der Waals surface area contributed by atoms with Crippen LogP contribution >= 0.6 is 0 Å². The van der Waals surface area contributed by atoms with Gasteiger partial charge in [-0.3, -0.25) is 0 Å². The Bertz CT molecular complexity index is 501. The SMILES string of the molecule is O=S(=O)(N[C@@H]1C[C@H]1C(F)(F)F)c1ccccn1. The summed E-state index contributed by atoms with van der Waals surface area (Å²) >= 11 is 0. The van der Waals surface area contributed by atoms with Gasteiger partial charge in [-0.1, -0.05) is 6.07 Å². The van der Waals surface area contributed by atoms with E-state index in [2.05, 4.69) is 4.98 Å². The Morgan fingerprint density at radius 2 is 2.06 bits per heavy atom. The molecule has 0 bridgehead atoms. The predicted molar refractivity (Wildman–Crippen MR) is 52.5 cm³/mol. The van der Waals surface area contributed by atoms with E-state index < -0.39 is 28.2 Å². The number of nitrogens with zero attached hydrogens (tertiary/aromatic N) is 1. The van der Waals surface area contributed by atoms with E-state index in [-0.39, 0.29) is 11.4 Å². The molecule has 1 saturated carbocycles. The van der Waals surface area contributed by atoms with Crippen molar-refractivity contribution in [1.82, 2.24) is 9.71 Å². The highest BCUT2D eigenvalue weighted by Gasteiger charge is 2.57. The molecule has 0 aromatic carbocycles. The minimum atomic E-state index is -4.35. The van der Waals surface area contributed by atoms with Gasteiger partial charge in [0.1, 0.15) is 0 Å². The molecule has 0 unspecified atom stereocenters. The first kappa shape index (κ1) is 12.3. The summed E-state index contributed by atoms with van der Waals surface area (Å²) in [6.07, 6.45) is -3.30. The normalized spacial score (nSPS) is 24.6. The van der Waals surface area contributed by atoms with Gasteiger partial charge >= 0.3 is 6.18 Å². The van der Waals surface area contributed by atoms with Crippen molar-refractivity contribution >= 4 is 10.0 Å². The summed E-state index contributed by atoms with van der Waals surface area (Å²) < 4.78 is 61.9. The van der Waals surface area contributed by atoms with Crippen LogP contribution in [0.2, 0.25) is 0 Å². The van der Waals surface area contributed by atoms with Crippen molar-refractivity contribution in [3.05, 3.63) is 24.4 Å². The van der Waals surface area contributed by atoms with Crippen LogP contribution in [0.1, 0.15) is 6.42 Å². The van der Waals surface area contributed by atoms with Crippen LogP contribution in [0.25, 0.3) is 0 Å². The Morgan fingerprint density at radius 3 is 2.53 bits per heavy atom. The van der Waals surface area contributed by atoms with Gasteiger partial charge in [-0.05, 0) is 18.6 Å². The maximum Gasteiger partial charge on any atom is 0.393 e. The molecule has 1 aromatic heterocycles. The first-order valence-electron chi connectivity index (χ1n) is 4.81. The zero-order valence-corrected chi connectivity index (χ0v) is 9.29. The van der Waals surface area contributed by atoms with E-state index in [1.807, 2.05) is 4.72 Å². The summed E-state index contributed by atoms with van der Waals surface area (Å²) in [5.41, 5.74) is 0. The molecule has 1 aliphatic carbocycles. The van der Waals surface area contributed by atoms with E-state index >= 15 is 0 Å². The lowest BCUT2D eigenvalue weighted by Crippen LogP contribution is -2.30. The molecular formula is C9H9F3N2O2S. The lowest BCUT2D eigenvalue weighted by molar-refractivity contribution is -0.148. The number of nitrogens with one attached hydrogen (secondary N) is 1. The average Bonchev–Trinajstić information content (AvgIpc) is 2.97. The Labute approximate surface area is 95.9 Å². The molecule has 0 saturated heterocycles. The fraction of sp³-hybridized carbons (Fsp3) is 0.444. The van der Waals surface area contributed by atoms with Crippen molar-refractivity contribution in [2.45, 2.75) is 23.7 Å². The molecule has 0 spiro atoms. The van der Waals surface area contributed by atoms with E-state index in [0.29, 0.717) is 0 Å². The number of hydrogen-bond donors (Lipinski definition) is 1. The van der Waals surface area contributed by atoms with Crippen LogP contribution in [0.5, 0.6) is 0 Å². The topological polar surface area (TPSA) is 59.1 Å². The number of halogens is 3. The molecule has 1 heterocycles. The molecule has 4 nitrogen and oxygen atoms in total. The van der Waals surface area contributed by atoms with Crippen LogP contribution in [0, 0.1) is 5.92 Å². The third-order valence-electron chi connectivity index (χ3n) is 2.43. The molecule has 1 aliphatic rings. The number of pyridine rings is 1. The van der Waals surface area contributed by atoms with Crippen molar-refractivity contribution in [2.75, 3.05) is 0 Å². The maximum atomic E-state index is 12.2. The van der Waals surface area contributed by atoms with Gasteiger partial charge in [-0.15, -0.1) is 0 Å². The van der Waals surface area contributed by atoms with Gasteiger partial charge in [-0.25, -0.2) is 18.1 Å².